The summed E-state index contributed by atoms with van der Waals surface area (Å²) in [5.41, 5.74) is 3.15. The van der Waals surface area contributed by atoms with Crippen LogP contribution >= 0.6 is 0 Å². The zero-order valence-electron chi connectivity index (χ0n) is 11.1. The smallest absolute Gasteiger partial charge is 0.169 e. The molecule has 18 heavy (non-hydrogen) atoms. The number of nitrogens with one attached hydrogen (secondary N) is 1. The highest BCUT2D eigenvalue weighted by Gasteiger charge is 2.18. The second kappa shape index (κ2) is 7.31. The maximum absolute atomic E-state index is 14.1. The Bertz CT molecular complexity index is 374. The first-order chi connectivity index (χ1) is 8.63. The third kappa shape index (κ3) is 3.66. The summed E-state index contributed by atoms with van der Waals surface area (Å²) in [6.07, 6.45) is 1.60. The van der Waals surface area contributed by atoms with Crippen molar-refractivity contribution in [1.29, 1.82) is 0 Å². The summed E-state index contributed by atoms with van der Waals surface area (Å²) >= 11 is 0. The first-order valence-electron chi connectivity index (χ1n) is 5.95. The number of methoxy groups -OCH3 is 2. The van der Waals surface area contributed by atoms with E-state index in [1.807, 2.05) is 6.92 Å². The predicted molar refractivity (Wildman–Crippen MR) is 68.7 cm³/mol. The van der Waals surface area contributed by atoms with Gasteiger partial charge in [-0.2, -0.15) is 0 Å². The Hall–Kier alpha value is -1.17. The third-order valence-corrected chi connectivity index (χ3v) is 3.05. The lowest BCUT2D eigenvalue weighted by molar-refractivity contribution is 0.106. The summed E-state index contributed by atoms with van der Waals surface area (Å²) in [4.78, 5) is 0. The van der Waals surface area contributed by atoms with Crippen molar-refractivity contribution in [2.24, 2.45) is 5.84 Å². The first kappa shape index (κ1) is 14.9. The fraction of sp³-hybridized carbons (Fsp3) is 0.538. The average molecular weight is 256 g/mol. The molecule has 102 valence electrons. The molecule has 0 fully saturated rings. The van der Waals surface area contributed by atoms with E-state index in [4.69, 9.17) is 15.3 Å². The van der Waals surface area contributed by atoms with Crippen molar-refractivity contribution in [2.75, 3.05) is 14.2 Å². The van der Waals surface area contributed by atoms with Gasteiger partial charge in [-0.05, 0) is 25.8 Å². The molecule has 2 atom stereocenters. The molecule has 0 aromatic heterocycles. The summed E-state index contributed by atoms with van der Waals surface area (Å²) in [6, 6.07) is 4.79. The Morgan fingerprint density at radius 3 is 2.61 bits per heavy atom. The number of benzene rings is 1. The number of hydrogen-bond acceptors (Lipinski definition) is 4. The van der Waals surface area contributed by atoms with Crippen molar-refractivity contribution in [3.8, 4) is 5.75 Å². The molecular formula is C13H21FN2O2. The largest absolute Gasteiger partial charge is 0.494 e. The van der Waals surface area contributed by atoms with Crippen LogP contribution in [-0.4, -0.2) is 20.3 Å². The third-order valence-electron chi connectivity index (χ3n) is 3.05. The van der Waals surface area contributed by atoms with E-state index in [2.05, 4.69) is 5.43 Å². The molecule has 0 saturated carbocycles. The van der Waals surface area contributed by atoms with Crippen LogP contribution in [-0.2, 0) is 4.74 Å². The van der Waals surface area contributed by atoms with Crippen molar-refractivity contribution in [2.45, 2.75) is 31.9 Å². The quantitative estimate of drug-likeness (QED) is 0.580. The van der Waals surface area contributed by atoms with E-state index in [0.717, 1.165) is 6.42 Å². The van der Waals surface area contributed by atoms with Crippen LogP contribution in [0.3, 0.4) is 0 Å². The molecule has 5 heteroatoms. The summed E-state index contributed by atoms with van der Waals surface area (Å²) in [7, 11) is 3.10. The van der Waals surface area contributed by atoms with Gasteiger partial charge >= 0.3 is 0 Å². The van der Waals surface area contributed by atoms with Gasteiger partial charge in [0, 0.05) is 18.7 Å². The molecule has 0 aliphatic heterocycles. The Morgan fingerprint density at radius 2 is 2.06 bits per heavy atom. The first-order valence-corrected chi connectivity index (χ1v) is 5.95. The lowest BCUT2D eigenvalue weighted by Gasteiger charge is -2.19. The number of halogens is 1. The van der Waals surface area contributed by atoms with Crippen LogP contribution < -0.4 is 16.0 Å². The summed E-state index contributed by atoms with van der Waals surface area (Å²) in [5, 5.41) is 0. The molecule has 3 N–H and O–H groups in total. The highest BCUT2D eigenvalue weighted by molar-refractivity contribution is 5.33. The number of nitrogens with two attached hydrogens (primary N) is 1. The van der Waals surface area contributed by atoms with Crippen LogP contribution in [0.4, 0.5) is 4.39 Å². The van der Waals surface area contributed by atoms with Gasteiger partial charge in [0.05, 0.1) is 13.2 Å². The van der Waals surface area contributed by atoms with Crippen LogP contribution in [0.25, 0.3) is 0 Å². The van der Waals surface area contributed by atoms with Crippen LogP contribution in [0.15, 0.2) is 18.2 Å². The molecule has 0 radical (unpaired) electrons. The van der Waals surface area contributed by atoms with Crippen LogP contribution in [0.2, 0.25) is 0 Å². The van der Waals surface area contributed by atoms with E-state index in [-0.39, 0.29) is 23.7 Å². The van der Waals surface area contributed by atoms with Gasteiger partial charge in [0.15, 0.2) is 11.6 Å². The van der Waals surface area contributed by atoms with Crippen LogP contribution in [0.5, 0.6) is 5.75 Å². The van der Waals surface area contributed by atoms with Gasteiger partial charge < -0.3 is 9.47 Å². The molecule has 1 rings (SSSR count). The van der Waals surface area contributed by atoms with E-state index in [1.54, 1.807) is 25.3 Å². The van der Waals surface area contributed by atoms with Gasteiger partial charge in [0.1, 0.15) is 0 Å². The molecule has 0 amide bonds. The summed E-state index contributed by atoms with van der Waals surface area (Å²) in [5.74, 6) is 5.36. The Labute approximate surface area is 107 Å². The molecule has 0 aliphatic carbocycles. The summed E-state index contributed by atoms with van der Waals surface area (Å²) in [6.45, 7) is 1.97. The molecule has 0 spiro atoms. The minimum atomic E-state index is -0.368. The number of hydrogen-bond donors (Lipinski definition) is 2. The highest BCUT2D eigenvalue weighted by Crippen LogP contribution is 2.27. The minimum absolute atomic E-state index is 0.120. The van der Waals surface area contributed by atoms with Crippen molar-refractivity contribution >= 4 is 0 Å². The SMILES string of the molecule is COc1cccc(C(CCC(C)OC)NN)c1F. The van der Waals surface area contributed by atoms with E-state index in [1.165, 1.54) is 7.11 Å². The van der Waals surface area contributed by atoms with Crippen LogP contribution in [0, 0.1) is 5.82 Å². The zero-order valence-corrected chi connectivity index (χ0v) is 11.1. The molecule has 2 unspecified atom stereocenters. The zero-order chi connectivity index (χ0) is 13.5. The monoisotopic (exact) mass is 256 g/mol. The van der Waals surface area contributed by atoms with Gasteiger partial charge in [-0.3, -0.25) is 11.3 Å². The predicted octanol–water partition coefficient (Wildman–Crippen LogP) is 2.15. The lowest BCUT2D eigenvalue weighted by Crippen LogP contribution is -2.29. The molecule has 0 saturated heterocycles. The van der Waals surface area contributed by atoms with Crippen molar-refractivity contribution in [1.82, 2.24) is 5.43 Å². The van der Waals surface area contributed by atoms with Gasteiger partial charge in [-0.25, -0.2) is 4.39 Å². The van der Waals surface area contributed by atoms with Gasteiger partial charge in [-0.1, -0.05) is 12.1 Å². The molecule has 1 aromatic rings. The highest BCUT2D eigenvalue weighted by atomic mass is 19.1. The Balaban J connectivity index is 2.81. The second-order valence-corrected chi connectivity index (χ2v) is 4.21. The van der Waals surface area contributed by atoms with E-state index in [9.17, 15) is 4.39 Å². The van der Waals surface area contributed by atoms with E-state index >= 15 is 0 Å². The normalized spacial score (nSPS) is 14.3. The fourth-order valence-electron chi connectivity index (χ4n) is 1.80. The molecule has 0 aliphatic rings. The maximum Gasteiger partial charge on any atom is 0.169 e. The Morgan fingerprint density at radius 1 is 1.33 bits per heavy atom. The maximum atomic E-state index is 14.1. The number of ether oxygens (including phenoxy) is 2. The molecular weight excluding hydrogens is 235 g/mol. The average Bonchev–Trinajstić information content (AvgIpc) is 2.40. The minimum Gasteiger partial charge on any atom is -0.494 e. The topological polar surface area (TPSA) is 56.5 Å². The summed E-state index contributed by atoms with van der Waals surface area (Å²) < 4.78 is 24.2. The number of rotatable bonds is 7. The molecule has 0 heterocycles. The number of hydrazine groups is 1. The molecule has 1 aromatic carbocycles. The standard InChI is InChI=1S/C13H21FN2O2/c1-9(17-2)7-8-11(16-15)10-5-4-6-12(18-3)13(10)14/h4-6,9,11,16H,7-8,15H2,1-3H3. The molecule has 0 bridgehead atoms. The lowest BCUT2D eigenvalue weighted by atomic mass is 10.00. The van der Waals surface area contributed by atoms with E-state index < -0.39 is 0 Å². The van der Waals surface area contributed by atoms with E-state index in [0.29, 0.717) is 12.0 Å². The van der Waals surface area contributed by atoms with Gasteiger partial charge in [0.25, 0.3) is 0 Å². The molecule has 4 nitrogen and oxygen atoms in total. The second-order valence-electron chi connectivity index (χ2n) is 4.21. The fourth-order valence-corrected chi connectivity index (χ4v) is 1.80. The van der Waals surface area contributed by atoms with Crippen molar-refractivity contribution in [3.63, 3.8) is 0 Å². The Kier molecular flexibility index (Phi) is 6.04. The van der Waals surface area contributed by atoms with Crippen molar-refractivity contribution in [3.05, 3.63) is 29.6 Å². The van der Waals surface area contributed by atoms with Crippen LogP contribution in [0.1, 0.15) is 31.4 Å². The van der Waals surface area contributed by atoms with Crippen molar-refractivity contribution < 1.29 is 13.9 Å². The van der Waals surface area contributed by atoms with Gasteiger partial charge in [0.2, 0.25) is 0 Å². The van der Waals surface area contributed by atoms with Gasteiger partial charge in [-0.15, -0.1) is 0 Å².